The lowest BCUT2D eigenvalue weighted by Gasteiger charge is -2.58. The van der Waals surface area contributed by atoms with E-state index in [4.69, 9.17) is 0 Å². The van der Waals surface area contributed by atoms with Crippen molar-refractivity contribution in [1.82, 2.24) is 19.8 Å². The molecular weight excluding hydrogens is 416 g/mol. The van der Waals surface area contributed by atoms with Crippen molar-refractivity contribution in [2.45, 2.75) is 50.1 Å². The van der Waals surface area contributed by atoms with Gasteiger partial charge in [0.25, 0.3) is 5.91 Å². The number of aliphatic hydroxyl groups is 1. The fourth-order valence-electron chi connectivity index (χ4n) is 5.53. The highest BCUT2D eigenvalue weighted by Gasteiger charge is 2.54. The molecular formula is C26H28N4O3. The molecule has 7 heteroatoms. The van der Waals surface area contributed by atoms with E-state index < -0.39 is 0 Å². The van der Waals surface area contributed by atoms with Gasteiger partial charge in [0.2, 0.25) is 5.91 Å². The third-order valence-corrected chi connectivity index (χ3v) is 7.22. The molecule has 0 radical (unpaired) electrons. The maximum Gasteiger partial charge on any atom is 0.274 e. The lowest BCUT2D eigenvalue weighted by molar-refractivity contribution is -0.159. The van der Waals surface area contributed by atoms with Gasteiger partial charge < -0.3 is 14.9 Å². The molecule has 0 spiro atoms. The highest BCUT2D eigenvalue weighted by atomic mass is 16.3. The van der Waals surface area contributed by atoms with Crippen molar-refractivity contribution in [2.24, 2.45) is 5.92 Å². The molecule has 2 amide bonds. The second-order valence-electron chi connectivity index (χ2n) is 9.20. The van der Waals surface area contributed by atoms with Crippen molar-refractivity contribution in [2.75, 3.05) is 19.7 Å². The molecule has 0 unspecified atom stereocenters. The second-order valence-corrected chi connectivity index (χ2v) is 9.20. The first kappa shape index (κ1) is 21.6. The monoisotopic (exact) mass is 444 g/mol. The average molecular weight is 445 g/mol. The van der Waals surface area contributed by atoms with Crippen LogP contribution in [0.3, 0.4) is 0 Å². The Balaban J connectivity index is 1.30. The zero-order valence-corrected chi connectivity index (χ0v) is 18.6. The predicted octanol–water partition coefficient (Wildman–Crippen LogP) is 2.22. The summed E-state index contributed by atoms with van der Waals surface area (Å²) in [5.74, 6) is 6.88. The van der Waals surface area contributed by atoms with Gasteiger partial charge in [-0.1, -0.05) is 36.8 Å². The van der Waals surface area contributed by atoms with Crippen molar-refractivity contribution >= 4 is 11.8 Å². The molecule has 3 atom stereocenters. The number of aromatic nitrogens is 2. The van der Waals surface area contributed by atoms with Crippen LogP contribution < -0.4 is 0 Å². The molecule has 3 heterocycles. The molecule has 1 aromatic heterocycles. The molecule has 7 nitrogen and oxygen atoms in total. The minimum absolute atomic E-state index is 0.00928. The van der Waals surface area contributed by atoms with Crippen molar-refractivity contribution in [3.05, 3.63) is 59.7 Å². The Morgan fingerprint density at radius 2 is 1.94 bits per heavy atom. The van der Waals surface area contributed by atoms with Gasteiger partial charge in [0, 0.05) is 36.8 Å². The number of carbonyl (C=O) groups is 2. The number of amides is 2. The molecule has 33 heavy (non-hydrogen) atoms. The van der Waals surface area contributed by atoms with E-state index >= 15 is 0 Å². The van der Waals surface area contributed by atoms with E-state index in [1.54, 1.807) is 4.90 Å². The van der Waals surface area contributed by atoms with Crippen LogP contribution in [-0.2, 0) is 4.79 Å². The average Bonchev–Trinajstić information content (AvgIpc) is 3.35. The van der Waals surface area contributed by atoms with E-state index in [-0.39, 0.29) is 48.7 Å². The fraction of sp³-hybridized carbons (Fsp3) is 0.462. The molecule has 0 bridgehead atoms. The Morgan fingerprint density at radius 3 is 2.64 bits per heavy atom. The van der Waals surface area contributed by atoms with Crippen LogP contribution in [0.25, 0.3) is 0 Å². The van der Waals surface area contributed by atoms with Crippen LogP contribution in [0.4, 0.5) is 0 Å². The molecule has 1 aliphatic carbocycles. The van der Waals surface area contributed by atoms with Crippen LogP contribution in [0.1, 0.15) is 59.6 Å². The second kappa shape index (κ2) is 9.32. The van der Waals surface area contributed by atoms with E-state index in [1.807, 2.05) is 24.3 Å². The third-order valence-electron chi connectivity index (χ3n) is 7.22. The number of hydrogen-bond acceptors (Lipinski definition) is 5. The Labute approximate surface area is 193 Å². The van der Waals surface area contributed by atoms with Crippen LogP contribution in [0.15, 0.2) is 42.9 Å². The summed E-state index contributed by atoms with van der Waals surface area (Å²) in [7, 11) is 0. The summed E-state index contributed by atoms with van der Waals surface area (Å²) >= 11 is 0. The van der Waals surface area contributed by atoms with E-state index in [0.29, 0.717) is 6.54 Å². The van der Waals surface area contributed by atoms with Crippen LogP contribution in [0, 0.1) is 17.8 Å². The van der Waals surface area contributed by atoms with Crippen LogP contribution in [0.5, 0.6) is 0 Å². The molecule has 5 rings (SSSR count). The normalized spacial score (nSPS) is 24.6. The molecule has 1 aromatic carbocycles. The number of rotatable bonds is 4. The molecule has 2 aliphatic heterocycles. The summed E-state index contributed by atoms with van der Waals surface area (Å²) in [6, 6.07) is 7.68. The lowest BCUT2D eigenvalue weighted by Crippen LogP contribution is -2.73. The summed E-state index contributed by atoms with van der Waals surface area (Å²) in [5.41, 5.74) is 2.26. The quantitative estimate of drug-likeness (QED) is 0.731. The van der Waals surface area contributed by atoms with E-state index in [2.05, 4.69) is 21.8 Å². The van der Waals surface area contributed by atoms with Gasteiger partial charge in [0.15, 0.2) is 0 Å². The number of benzene rings is 1. The Kier molecular flexibility index (Phi) is 6.10. The first-order chi connectivity index (χ1) is 16.2. The zero-order chi connectivity index (χ0) is 22.8. The van der Waals surface area contributed by atoms with E-state index in [1.165, 1.54) is 49.2 Å². The Hall–Kier alpha value is -3.24. The molecule has 1 saturated carbocycles. The van der Waals surface area contributed by atoms with Gasteiger partial charge in [0.05, 0.1) is 24.9 Å². The van der Waals surface area contributed by atoms with E-state index in [9.17, 15) is 14.7 Å². The third kappa shape index (κ3) is 4.23. The molecule has 2 aromatic rings. The van der Waals surface area contributed by atoms with Gasteiger partial charge in [0.1, 0.15) is 12.2 Å². The van der Waals surface area contributed by atoms with Crippen molar-refractivity contribution in [1.29, 1.82) is 0 Å². The number of hydrogen-bond donors (Lipinski definition) is 1. The highest BCUT2D eigenvalue weighted by molar-refractivity contribution is 5.96. The Morgan fingerprint density at radius 1 is 1.15 bits per heavy atom. The van der Waals surface area contributed by atoms with Gasteiger partial charge >= 0.3 is 0 Å². The summed E-state index contributed by atoms with van der Waals surface area (Å²) in [5, 5.41) is 9.99. The van der Waals surface area contributed by atoms with Crippen LogP contribution >= 0.6 is 0 Å². The van der Waals surface area contributed by atoms with Crippen molar-refractivity contribution in [3.8, 4) is 11.8 Å². The molecule has 170 valence electrons. The number of piperazine rings is 1. The standard InChI is InChI=1S/C26H28N4O3/c31-17-23-25(20-10-8-19(9-11-20)7-3-6-18-4-1-2-5-18)22-15-29(16-24(32)30(22)23)26(33)21-14-27-12-13-28-21/h8-14,18,22-23,25,31H,1-2,4-6,15-17H2/t22-,23-,25+/m0/s1. The van der Waals surface area contributed by atoms with Crippen molar-refractivity contribution < 1.29 is 14.7 Å². The smallest absolute Gasteiger partial charge is 0.274 e. The van der Waals surface area contributed by atoms with Crippen molar-refractivity contribution in [3.63, 3.8) is 0 Å². The summed E-state index contributed by atoms with van der Waals surface area (Å²) in [4.78, 5) is 37.0. The van der Waals surface area contributed by atoms with Crippen LogP contribution in [-0.4, -0.2) is 68.5 Å². The van der Waals surface area contributed by atoms with Gasteiger partial charge in [-0.3, -0.25) is 14.6 Å². The fourth-order valence-corrected chi connectivity index (χ4v) is 5.53. The maximum atomic E-state index is 12.8. The summed E-state index contributed by atoms with van der Waals surface area (Å²) in [6.45, 7) is 0.296. The number of fused-ring (bicyclic) bond motifs is 1. The van der Waals surface area contributed by atoms with Gasteiger partial charge in [-0.25, -0.2) is 4.98 Å². The number of aliphatic hydroxyl groups excluding tert-OH is 1. The first-order valence-electron chi connectivity index (χ1n) is 11.7. The Bertz CT molecular complexity index is 1070. The minimum Gasteiger partial charge on any atom is -0.394 e. The molecule has 1 N–H and O–H groups in total. The summed E-state index contributed by atoms with van der Waals surface area (Å²) < 4.78 is 0. The molecule has 3 aliphatic rings. The number of nitrogens with zero attached hydrogens (tertiary/aromatic N) is 4. The first-order valence-corrected chi connectivity index (χ1v) is 11.7. The van der Waals surface area contributed by atoms with Crippen LogP contribution in [0.2, 0.25) is 0 Å². The minimum atomic E-state index is -0.296. The highest BCUT2D eigenvalue weighted by Crippen LogP contribution is 2.43. The van der Waals surface area contributed by atoms with Gasteiger partial charge in [-0.2, -0.15) is 0 Å². The SMILES string of the molecule is O=C(c1cnccn1)N1CC(=O)N2[C@@H](CO)[C@H](c3ccc(C#CCC4CCCC4)cc3)[C@@H]2C1. The summed E-state index contributed by atoms with van der Waals surface area (Å²) in [6.07, 6.45) is 10.6. The van der Waals surface area contributed by atoms with Gasteiger partial charge in [-0.15, -0.1) is 0 Å². The number of carbonyl (C=O) groups excluding carboxylic acids is 2. The molecule has 3 fully saturated rings. The predicted molar refractivity (Wildman–Crippen MR) is 122 cm³/mol. The van der Waals surface area contributed by atoms with Gasteiger partial charge in [-0.05, 0) is 36.5 Å². The topological polar surface area (TPSA) is 86.6 Å². The largest absolute Gasteiger partial charge is 0.394 e. The van der Waals surface area contributed by atoms with E-state index in [0.717, 1.165) is 23.5 Å². The molecule has 2 saturated heterocycles. The zero-order valence-electron chi connectivity index (χ0n) is 18.6. The maximum absolute atomic E-state index is 12.8. The lowest BCUT2D eigenvalue weighted by atomic mass is 9.73.